The van der Waals surface area contributed by atoms with E-state index in [4.69, 9.17) is 10.5 Å². The number of nitrogens with two attached hydrogens (primary N) is 1. The number of aromatic amines is 1. The Morgan fingerprint density at radius 2 is 2.06 bits per heavy atom. The van der Waals surface area contributed by atoms with E-state index in [2.05, 4.69) is 30.2 Å². The van der Waals surface area contributed by atoms with Gasteiger partial charge in [0.25, 0.3) is 0 Å². The van der Waals surface area contributed by atoms with E-state index < -0.39 is 5.82 Å². The predicted molar refractivity (Wildman–Crippen MR) is 117 cm³/mol. The lowest BCUT2D eigenvalue weighted by molar-refractivity contribution is 0.437. The maximum Gasteiger partial charge on any atom is 0.326 e. The standard InChI is InChI=1S/C22H21F2N7O/c1-26-15-6-11(23)5-14-17-19(28-18(14)15)29-21(32-13-4-12(24)8-27-9-13)30-20(17)31-3-2-22(10-31)7-16(22)25/h4-6,8-9,16,26H,2-3,7,10,25H2,1H3,(H,28,29,30)/t16-,22?/m1/s1. The minimum absolute atomic E-state index is 0.0546. The van der Waals surface area contributed by atoms with Gasteiger partial charge in [0.05, 0.1) is 29.0 Å². The maximum absolute atomic E-state index is 14.4. The Kier molecular flexibility index (Phi) is 4.03. The molecular formula is C22H21F2N7O. The molecule has 3 aromatic heterocycles. The van der Waals surface area contributed by atoms with Gasteiger partial charge in [0.1, 0.15) is 23.1 Å². The lowest BCUT2D eigenvalue weighted by atomic mass is 10.1. The SMILES string of the molecule is CNc1cc(F)cc2c1[nH]c1nc(Oc3cncc(F)c3)nc(N3CCC4(C[C@H]4N)C3)c12. The van der Waals surface area contributed by atoms with E-state index in [1.165, 1.54) is 24.4 Å². The van der Waals surface area contributed by atoms with E-state index >= 15 is 0 Å². The number of fused-ring (bicyclic) bond motifs is 3. The van der Waals surface area contributed by atoms with Crippen LogP contribution >= 0.6 is 0 Å². The summed E-state index contributed by atoms with van der Waals surface area (Å²) in [5.74, 6) is -0.0468. The largest absolute Gasteiger partial charge is 0.422 e. The van der Waals surface area contributed by atoms with Gasteiger partial charge in [-0.3, -0.25) is 4.98 Å². The number of anilines is 2. The molecule has 164 valence electrons. The van der Waals surface area contributed by atoms with Gasteiger partial charge < -0.3 is 25.7 Å². The first-order chi connectivity index (χ1) is 15.5. The van der Waals surface area contributed by atoms with Gasteiger partial charge in [0, 0.05) is 43.0 Å². The van der Waals surface area contributed by atoms with Gasteiger partial charge in [-0.05, 0) is 25.0 Å². The summed E-state index contributed by atoms with van der Waals surface area (Å²) in [6, 6.07) is 4.37. The summed E-state index contributed by atoms with van der Waals surface area (Å²) in [6.07, 6.45) is 4.45. The molecule has 1 aromatic carbocycles. The Morgan fingerprint density at radius 1 is 1.22 bits per heavy atom. The first-order valence-electron chi connectivity index (χ1n) is 10.5. The molecule has 2 fully saturated rings. The van der Waals surface area contributed by atoms with Crippen molar-refractivity contribution in [2.24, 2.45) is 11.1 Å². The zero-order chi connectivity index (χ0) is 22.0. The second-order valence-corrected chi connectivity index (χ2v) is 8.59. The van der Waals surface area contributed by atoms with Crippen molar-refractivity contribution in [1.29, 1.82) is 0 Å². The number of benzene rings is 1. The fourth-order valence-corrected chi connectivity index (χ4v) is 4.77. The minimum Gasteiger partial charge on any atom is -0.422 e. The van der Waals surface area contributed by atoms with Gasteiger partial charge in [-0.15, -0.1) is 0 Å². The summed E-state index contributed by atoms with van der Waals surface area (Å²) in [7, 11) is 1.73. The highest BCUT2D eigenvalue weighted by atomic mass is 19.1. The lowest BCUT2D eigenvalue weighted by Crippen LogP contribution is -2.24. The number of halogens is 2. The molecule has 10 heteroatoms. The Morgan fingerprint density at radius 3 is 2.78 bits per heavy atom. The fraction of sp³-hybridized carbons (Fsp3) is 0.318. The zero-order valence-electron chi connectivity index (χ0n) is 17.3. The summed E-state index contributed by atoms with van der Waals surface area (Å²) in [6.45, 7) is 1.55. The van der Waals surface area contributed by atoms with E-state index in [0.29, 0.717) is 27.9 Å². The van der Waals surface area contributed by atoms with Gasteiger partial charge in [-0.1, -0.05) is 0 Å². The number of rotatable bonds is 4. The molecule has 1 saturated carbocycles. The summed E-state index contributed by atoms with van der Waals surface area (Å²) < 4.78 is 33.7. The highest BCUT2D eigenvalue weighted by Gasteiger charge is 2.56. The molecule has 4 N–H and O–H groups in total. The van der Waals surface area contributed by atoms with Crippen LogP contribution in [0.3, 0.4) is 0 Å². The van der Waals surface area contributed by atoms with Crippen LogP contribution in [0.5, 0.6) is 11.8 Å². The summed E-state index contributed by atoms with van der Waals surface area (Å²) in [4.78, 5) is 18.4. The third kappa shape index (κ3) is 2.94. The fourth-order valence-electron chi connectivity index (χ4n) is 4.77. The van der Waals surface area contributed by atoms with E-state index in [-0.39, 0.29) is 29.0 Å². The van der Waals surface area contributed by atoms with E-state index in [0.717, 1.165) is 37.6 Å². The zero-order valence-corrected chi connectivity index (χ0v) is 17.3. The van der Waals surface area contributed by atoms with Crippen LogP contribution < -0.4 is 20.7 Å². The molecule has 0 radical (unpaired) electrons. The van der Waals surface area contributed by atoms with E-state index in [1.807, 2.05) is 0 Å². The van der Waals surface area contributed by atoms with Gasteiger partial charge in [0.2, 0.25) is 0 Å². The number of hydrogen-bond donors (Lipinski definition) is 3. The quantitative estimate of drug-likeness (QED) is 0.448. The summed E-state index contributed by atoms with van der Waals surface area (Å²) in [5.41, 5.74) is 8.15. The molecule has 2 aliphatic rings. The van der Waals surface area contributed by atoms with Crippen molar-refractivity contribution in [3.05, 3.63) is 42.2 Å². The van der Waals surface area contributed by atoms with Crippen LogP contribution in [0.1, 0.15) is 12.8 Å². The molecule has 1 saturated heterocycles. The molecule has 4 heterocycles. The van der Waals surface area contributed by atoms with Crippen LogP contribution in [0.25, 0.3) is 21.9 Å². The Bertz CT molecular complexity index is 1370. The van der Waals surface area contributed by atoms with Crippen LogP contribution in [0.15, 0.2) is 30.6 Å². The van der Waals surface area contributed by atoms with Crippen molar-refractivity contribution >= 4 is 33.4 Å². The van der Waals surface area contributed by atoms with Crippen molar-refractivity contribution < 1.29 is 13.5 Å². The van der Waals surface area contributed by atoms with Crippen molar-refractivity contribution in [2.75, 3.05) is 30.4 Å². The van der Waals surface area contributed by atoms with Crippen LogP contribution in [-0.4, -0.2) is 46.1 Å². The molecule has 1 aliphatic heterocycles. The third-order valence-corrected chi connectivity index (χ3v) is 6.58. The monoisotopic (exact) mass is 437 g/mol. The second-order valence-electron chi connectivity index (χ2n) is 8.59. The number of H-pyrrole nitrogens is 1. The Hall–Kier alpha value is -3.53. The molecule has 4 aromatic rings. The number of ether oxygens (including phenoxy) is 1. The summed E-state index contributed by atoms with van der Waals surface area (Å²) in [5, 5.41) is 4.41. The minimum atomic E-state index is -0.521. The Labute approximate surface area is 181 Å². The first kappa shape index (κ1) is 19.2. The number of nitrogens with zero attached hydrogens (tertiary/aromatic N) is 4. The molecule has 8 nitrogen and oxygen atoms in total. The molecule has 2 atom stereocenters. The third-order valence-electron chi connectivity index (χ3n) is 6.58. The molecule has 1 aliphatic carbocycles. The Balaban J connectivity index is 1.54. The van der Waals surface area contributed by atoms with Crippen LogP contribution in [0.2, 0.25) is 0 Å². The normalized spacial score (nSPS) is 22.2. The van der Waals surface area contributed by atoms with Gasteiger partial charge in [-0.2, -0.15) is 9.97 Å². The summed E-state index contributed by atoms with van der Waals surface area (Å²) >= 11 is 0. The van der Waals surface area contributed by atoms with Crippen LogP contribution in [-0.2, 0) is 0 Å². The van der Waals surface area contributed by atoms with Gasteiger partial charge in [0.15, 0.2) is 5.75 Å². The molecular weight excluding hydrogens is 416 g/mol. The van der Waals surface area contributed by atoms with Gasteiger partial charge in [-0.25, -0.2) is 8.78 Å². The number of hydrogen-bond acceptors (Lipinski definition) is 7. The van der Waals surface area contributed by atoms with Crippen molar-refractivity contribution in [2.45, 2.75) is 18.9 Å². The second kappa shape index (κ2) is 6.73. The molecule has 1 spiro atoms. The van der Waals surface area contributed by atoms with E-state index in [9.17, 15) is 8.78 Å². The highest BCUT2D eigenvalue weighted by molar-refractivity contribution is 6.14. The van der Waals surface area contributed by atoms with Crippen molar-refractivity contribution in [1.82, 2.24) is 19.9 Å². The molecule has 32 heavy (non-hydrogen) atoms. The van der Waals surface area contributed by atoms with Crippen molar-refractivity contribution in [3.63, 3.8) is 0 Å². The number of nitrogens with one attached hydrogen (secondary N) is 2. The maximum atomic E-state index is 14.4. The number of aromatic nitrogens is 4. The van der Waals surface area contributed by atoms with E-state index in [1.54, 1.807) is 7.05 Å². The van der Waals surface area contributed by atoms with Gasteiger partial charge >= 0.3 is 6.01 Å². The molecule has 0 bridgehead atoms. The predicted octanol–water partition coefficient (Wildman–Crippen LogP) is 3.55. The first-order valence-corrected chi connectivity index (χ1v) is 10.5. The molecule has 1 unspecified atom stereocenters. The average molecular weight is 437 g/mol. The lowest BCUT2D eigenvalue weighted by Gasteiger charge is -2.19. The van der Waals surface area contributed by atoms with Crippen LogP contribution in [0, 0.1) is 17.0 Å². The number of pyridine rings is 1. The van der Waals surface area contributed by atoms with Crippen molar-refractivity contribution in [3.8, 4) is 11.8 Å². The smallest absolute Gasteiger partial charge is 0.326 e. The topological polar surface area (TPSA) is 105 Å². The molecule has 0 amide bonds. The van der Waals surface area contributed by atoms with Crippen LogP contribution in [0.4, 0.5) is 20.3 Å². The molecule has 6 rings (SSSR count). The average Bonchev–Trinajstić information content (AvgIpc) is 3.08. The highest BCUT2D eigenvalue weighted by Crippen LogP contribution is 2.53.